The molecule has 0 radical (unpaired) electrons. The van der Waals surface area contributed by atoms with E-state index in [0.717, 1.165) is 60.4 Å². The van der Waals surface area contributed by atoms with Crippen LogP contribution in [0.25, 0.3) is 71.4 Å². The lowest BCUT2D eigenvalue weighted by molar-refractivity contribution is 0.590. The average Bonchev–Trinajstić information content (AvgIpc) is 4.10. The Kier molecular flexibility index (Phi) is 4.90. The third-order valence-electron chi connectivity index (χ3n) is 12.8. The van der Waals surface area contributed by atoms with Crippen LogP contribution in [0.4, 0.5) is 17.1 Å². The Hall–Kier alpha value is -6.46. The fourth-order valence-electron chi connectivity index (χ4n) is 9.74. The Balaban J connectivity index is 1.34. The molecule has 0 aliphatic carbocycles. The van der Waals surface area contributed by atoms with Crippen LogP contribution in [-0.2, 0) is 16.2 Å². The lowest BCUT2D eigenvalue weighted by Crippen LogP contribution is -2.56. The minimum absolute atomic E-state index is 0.00611. The van der Waals surface area contributed by atoms with Crippen molar-refractivity contribution in [1.29, 1.82) is 0 Å². The summed E-state index contributed by atoms with van der Waals surface area (Å²) in [6.45, 7) is 18.0. The summed E-state index contributed by atoms with van der Waals surface area (Å²) >= 11 is 0. The van der Waals surface area contributed by atoms with Crippen LogP contribution in [0.5, 0.6) is 0 Å². The first-order chi connectivity index (χ1) is 35.0. The first kappa shape index (κ1) is 24.7. The van der Waals surface area contributed by atoms with Gasteiger partial charge in [-0.25, -0.2) is 0 Å². The molecule has 7 aromatic carbocycles. The fourth-order valence-corrected chi connectivity index (χ4v) is 9.74. The summed E-state index contributed by atoms with van der Waals surface area (Å²) in [5.74, 6) is 0. The van der Waals surface area contributed by atoms with Gasteiger partial charge in [-0.1, -0.05) is 123 Å². The molecule has 0 amide bonds. The zero-order chi connectivity index (χ0) is 54.1. The second-order valence-electron chi connectivity index (χ2n) is 19.7. The SMILES string of the molecule is [2H]c1c([2H])c([2H])c(N2c3cc(C(C)(C)C)cc4c3B(c3oc5c([2H])c([2H])c([2H])c([2H])c5c32)n2c3cc5c6cc(C(C)(C)C)ccc6n(-c6c([2H])c([2H])c([2H])c([2H])c6[2H])c5cc3c3cc(C(C)(C)C)cc-4c32)c([2H])c1[2H]. The van der Waals surface area contributed by atoms with E-state index in [-0.39, 0.29) is 51.2 Å². The Morgan fingerprint density at radius 2 is 1.08 bits per heavy atom. The van der Waals surface area contributed by atoms with Crippen LogP contribution in [0.3, 0.4) is 0 Å². The molecule has 10 aromatic rings. The van der Waals surface area contributed by atoms with Crippen LogP contribution in [0.2, 0.25) is 0 Å². The lowest BCUT2D eigenvalue weighted by Gasteiger charge is -2.39. The third kappa shape index (κ3) is 5.07. The van der Waals surface area contributed by atoms with Gasteiger partial charge in [0.05, 0.1) is 35.9 Å². The highest BCUT2D eigenvalue weighted by atomic mass is 16.3. The van der Waals surface area contributed by atoms with Gasteiger partial charge < -0.3 is 18.4 Å². The molecule has 0 N–H and O–H groups in total. The zero-order valence-electron chi connectivity index (χ0n) is 49.5. The number of benzene rings is 7. The molecular formula is C56H50BN3O. The largest absolute Gasteiger partial charge is 0.466 e. The summed E-state index contributed by atoms with van der Waals surface area (Å²) in [5, 5.41) is 3.08. The van der Waals surface area contributed by atoms with Crippen molar-refractivity contribution in [3.63, 3.8) is 0 Å². The molecule has 0 saturated heterocycles. The van der Waals surface area contributed by atoms with E-state index in [2.05, 4.69) is 97.1 Å². The smallest absolute Gasteiger partial charge is 0.375 e. The number of hydrogen-bond acceptors (Lipinski definition) is 2. The Bertz CT molecular complexity index is 4260. The summed E-state index contributed by atoms with van der Waals surface area (Å²) in [4.78, 5) is 1.56. The van der Waals surface area contributed by atoms with Gasteiger partial charge in [0.1, 0.15) is 11.2 Å². The Morgan fingerprint density at radius 3 is 1.79 bits per heavy atom. The van der Waals surface area contributed by atoms with E-state index >= 15 is 0 Å². The number of hydrogen-bond donors (Lipinski definition) is 0. The van der Waals surface area contributed by atoms with Crippen LogP contribution in [0, 0.1) is 0 Å². The summed E-state index contributed by atoms with van der Waals surface area (Å²) in [7, 11) is 0. The molecule has 3 aromatic heterocycles. The van der Waals surface area contributed by atoms with E-state index in [1.807, 2.05) is 24.3 Å². The monoisotopic (exact) mass is 805 g/mol. The molecule has 12 rings (SSSR count). The molecule has 298 valence electrons. The fraction of sp³-hybridized carbons (Fsp3) is 0.214. The van der Waals surface area contributed by atoms with Crippen molar-refractivity contribution in [2.45, 2.75) is 78.6 Å². The highest BCUT2D eigenvalue weighted by Gasteiger charge is 2.47. The molecule has 2 aliphatic heterocycles. The highest BCUT2D eigenvalue weighted by molar-refractivity contribution is 6.89. The van der Waals surface area contributed by atoms with E-state index in [4.69, 9.17) is 15.4 Å². The number of fused-ring (bicyclic) bond motifs is 12. The van der Waals surface area contributed by atoms with Crippen molar-refractivity contribution in [3.05, 3.63) is 156 Å². The van der Waals surface area contributed by atoms with E-state index < -0.39 is 90.2 Å². The van der Waals surface area contributed by atoms with Gasteiger partial charge in [0.25, 0.3) is 0 Å². The zero-order valence-corrected chi connectivity index (χ0v) is 35.5. The van der Waals surface area contributed by atoms with Gasteiger partial charge in [-0.3, -0.25) is 0 Å². The van der Waals surface area contributed by atoms with Crippen molar-refractivity contribution in [2.24, 2.45) is 0 Å². The predicted molar refractivity (Wildman–Crippen MR) is 260 cm³/mol. The van der Waals surface area contributed by atoms with E-state index in [9.17, 15) is 8.22 Å². The Labute approximate surface area is 377 Å². The van der Waals surface area contributed by atoms with Gasteiger partial charge >= 0.3 is 6.85 Å². The van der Waals surface area contributed by atoms with Gasteiger partial charge in [0.15, 0.2) is 0 Å². The second-order valence-corrected chi connectivity index (χ2v) is 19.7. The number of anilines is 3. The summed E-state index contributed by atoms with van der Waals surface area (Å²) in [6.07, 6.45) is 0. The molecule has 61 heavy (non-hydrogen) atoms. The van der Waals surface area contributed by atoms with Gasteiger partial charge in [-0.15, -0.1) is 0 Å². The normalized spacial score (nSPS) is 17.1. The van der Waals surface area contributed by atoms with Crippen molar-refractivity contribution < 1.29 is 23.6 Å². The number of aromatic nitrogens is 2. The van der Waals surface area contributed by atoms with Crippen LogP contribution < -0.4 is 16.0 Å². The third-order valence-corrected chi connectivity index (χ3v) is 12.8. The van der Waals surface area contributed by atoms with Gasteiger partial charge in [0, 0.05) is 60.6 Å². The first-order valence-electron chi connectivity index (χ1n) is 27.7. The molecule has 2 aliphatic rings. The number of para-hydroxylation sites is 3. The van der Waals surface area contributed by atoms with Crippen molar-refractivity contribution in [2.75, 3.05) is 4.90 Å². The molecule has 0 unspecified atom stereocenters. The maximum Gasteiger partial charge on any atom is 0.375 e. The van der Waals surface area contributed by atoms with E-state index in [1.165, 1.54) is 0 Å². The lowest BCUT2D eigenvalue weighted by atomic mass is 9.47. The van der Waals surface area contributed by atoms with E-state index in [1.54, 1.807) is 9.47 Å². The molecule has 5 heteroatoms. The highest BCUT2D eigenvalue weighted by Crippen LogP contribution is 2.50. The van der Waals surface area contributed by atoms with Crippen LogP contribution in [0.15, 0.2) is 144 Å². The molecular weight excluding hydrogens is 741 g/mol. The molecule has 0 spiro atoms. The van der Waals surface area contributed by atoms with Crippen LogP contribution >= 0.6 is 0 Å². The van der Waals surface area contributed by atoms with Gasteiger partial charge in [0.2, 0.25) is 0 Å². The number of nitrogens with zero attached hydrogens (tertiary/aromatic N) is 3. The van der Waals surface area contributed by atoms with Crippen LogP contribution in [0.1, 0.15) is 98.2 Å². The van der Waals surface area contributed by atoms with Gasteiger partial charge in [-0.05, 0) is 123 Å². The van der Waals surface area contributed by atoms with Crippen molar-refractivity contribution in [1.82, 2.24) is 9.05 Å². The molecule has 0 saturated carbocycles. The topological polar surface area (TPSA) is 26.2 Å². The maximum absolute atomic E-state index is 9.51. The van der Waals surface area contributed by atoms with Crippen molar-refractivity contribution >= 4 is 89.6 Å². The second kappa shape index (κ2) is 12.1. The minimum Gasteiger partial charge on any atom is -0.466 e. The average molecular weight is 806 g/mol. The summed E-state index contributed by atoms with van der Waals surface area (Å²) < 4.78 is 137. The summed E-state index contributed by atoms with van der Waals surface area (Å²) in [6, 6.07) is 11.8. The molecule has 0 fully saturated rings. The van der Waals surface area contributed by atoms with Crippen LogP contribution in [-0.4, -0.2) is 15.9 Å². The quantitative estimate of drug-likeness (QED) is 0.163. The molecule has 0 atom stereocenters. The molecule has 0 bridgehead atoms. The molecule has 4 nitrogen and oxygen atoms in total. The van der Waals surface area contributed by atoms with E-state index in [0.29, 0.717) is 22.2 Å². The molecule has 5 heterocycles. The predicted octanol–water partition coefficient (Wildman–Crippen LogP) is 13.9. The maximum atomic E-state index is 9.51. The Morgan fingerprint density at radius 1 is 0.508 bits per heavy atom. The van der Waals surface area contributed by atoms with Gasteiger partial charge in [-0.2, -0.15) is 0 Å². The van der Waals surface area contributed by atoms with Crippen molar-refractivity contribution in [3.8, 4) is 16.8 Å². The standard InChI is InChI=1S/C56H50BN3O/c1-54(2,3)33-24-25-45-39(26-33)40-32-47-41(31-46(40)58(45)36-18-12-10-13-19-36)43-28-34(55(4,5)6)29-44-42-27-35(56(7,8)9)30-48-50(42)57(60(47)51(43)44)53-52(38-22-16-17-23-49(38)61-53)59(48)37-20-14-11-15-21-37/h10-32H,1-9H3/i10D,11D,12D,13D,14D,15D,16D,17D,18D,19D,20D,21D,22D,23D. The first-order valence-corrected chi connectivity index (χ1v) is 20.7. The minimum atomic E-state index is -0.917. The summed E-state index contributed by atoms with van der Waals surface area (Å²) in [5.41, 5.74) is 7.01. The number of rotatable bonds is 2. The number of furan rings is 1.